The number of amides is 1. The van der Waals surface area contributed by atoms with Crippen LogP contribution in [0.2, 0.25) is 0 Å². The zero-order valence-corrected chi connectivity index (χ0v) is 14.3. The number of hydrogen-bond donors (Lipinski definition) is 1. The summed E-state index contributed by atoms with van der Waals surface area (Å²) in [5.74, 6) is 0.639. The van der Waals surface area contributed by atoms with Crippen molar-refractivity contribution in [1.29, 1.82) is 0 Å². The molecule has 1 aromatic heterocycles. The number of rotatable bonds is 6. The van der Waals surface area contributed by atoms with Crippen molar-refractivity contribution in [3.8, 4) is 0 Å². The van der Waals surface area contributed by atoms with Crippen LogP contribution in [-0.4, -0.2) is 41.0 Å². The third kappa shape index (κ3) is 4.02. The van der Waals surface area contributed by atoms with Gasteiger partial charge >= 0.3 is 0 Å². The van der Waals surface area contributed by atoms with E-state index < -0.39 is 0 Å². The van der Waals surface area contributed by atoms with Crippen LogP contribution in [0.25, 0.3) is 0 Å². The molecule has 130 valence electrons. The van der Waals surface area contributed by atoms with Crippen LogP contribution in [0, 0.1) is 0 Å². The molecule has 1 amide bonds. The van der Waals surface area contributed by atoms with Crippen LogP contribution >= 0.6 is 0 Å². The van der Waals surface area contributed by atoms with Crippen LogP contribution in [0.1, 0.15) is 47.0 Å². The fraction of sp³-hybridized carbons (Fsp3) is 0.368. The van der Waals surface area contributed by atoms with Crippen molar-refractivity contribution in [3.05, 3.63) is 53.7 Å². The molecule has 1 aliphatic heterocycles. The Kier molecular flexibility index (Phi) is 5.38. The highest BCUT2D eigenvalue weighted by molar-refractivity contribution is 5.96. The molecule has 1 fully saturated rings. The molecule has 1 saturated heterocycles. The number of anilines is 1. The van der Waals surface area contributed by atoms with Crippen molar-refractivity contribution in [2.75, 3.05) is 18.0 Å². The number of nitrogens with one attached hydrogen (secondary N) is 1. The van der Waals surface area contributed by atoms with Crippen LogP contribution in [0.4, 0.5) is 5.82 Å². The van der Waals surface area contributed by atoms with Gasteiger partial charge in [0, 0.05) is 31.1 Å². The van der Waals surface area contributed by atoms with Gasteiger partial charge in [-0.1, -0.05) is 30.3 Å². The number of aromatic nitrogens is 2. The second kappa shape index (κ2) is 7.88. The highest BCUT2D eigenvalue weighted by Gasteiger charge is 2.28. The molecule has 25 heavy (non-hydrogen) atoms. The van der Waals surface area contributed by atoms with E-state index in [1.54, 1.807) is 6.07 Å². The minimum absolute atomic E-state index is 0.123. The van der Waals surface area contributed by atoms with Crippen LogP contribution in [-0.2, 0) is 0 Å². The van der Waals surface area contributed by atoms with E-state index in [1.165, 1.54) is 0 Å². The molecule has 1 aliphatic rings. The predicted molar refractivity (Wildman–Crippen MR) is 95.8 cm³/mol. The Morgan fingerprint density at radius 1 is 1.16 bits per heavy atom. The Bertz CT molecular complexity index is 731. The molecule has 6 nitrogen and oxygen atoms in total. The lowest BCUT2D eigenvalue weighted by Gasteiger charge is -2.24. The topological polar surface area (TPSA) is 75.2 Å². The Morgan fingerprint density at radius 2 is 1.96 bits per heavy atom. The number of hydrogen-bond acceptors (Lipinski definition) is 5. The monoisotopic (exact) mass is 338 g/mol. The van der Waals surface area contributed by atoms with E-state index in [-0.39, 0.29) is 17.7 Å². The number of carbonyl (C=O) groups is 2. The Balaban J connectivity index is 1.69. The van der Waals surface area contributed by atoms with Gasteiger partial charge in [-0.3, -0.25) is 9.59 Å². The first kappa shape index (κ1) is 17.1. The molecule has 1 atom stereocenters. The molecule has 0 saturated carbocycles. The molecule has 3 rings (SSSR count). The van der Waals surface area contributed by atoms with Crippen molar-refractivity contribution in [2.45, 2.75) is 32.2 Å². The fourth-order valence-corrected chi connectivity index (χ4v) is 3.16. The zero-order chi connectivity index (χ0) is 17.6. The standard InChI is InChI=1S/C19H22N4O2/c1-2-20-19(25)16-10-11-18(22-21-16)23-12-6-9-15(23)13-17(24)14-7-4-3-5-8-14/h3-5,7-8,10-11,15H,2,6,9,12-13H2,1H3,(H,20,25)/t15-/m0/s1. The van der Waals surface area contributed by atoms with Gasteiger partial charge < -0.3 is 10.2 Å². The van der Waals surface area contributed by atoms with Crippen molar-refractivity contribution in [1.82, 2.24) is 15.5 Å². The molecule has 0 aliphatic carbocycles. The molecule has 0 bridgehead atoms. The Labute approximate surface area is 147 Å². The minimum Gasteiger partial charge on any atom is -0.352 e. The summed E-state index contributed by atoms with van der Waals surface area (Å²) in [7, 11) is 0. The van der Waals surface area contributed by atoms with Crippen LogP contribution in [0.3, 0.4) is 0 Å². The van der Waals surface area contributed by atoms with Gasteiger partial charge in [0.05, 0.1) is 0 Å². The van der Waals surface area contributed by atoms with Gasteiger partial charge in [-0.05, 0) is 31.9 Å². The van der Waals surface area contributed by atoms with Crippen molar-refractivity contribution in [3.63, 3.8) is 0 Å². The van der Waals surface area contributed by atoms with Gasteiger partial charge in [-0.2, -0.15) is 0 Å². The molecule has 1 aromatic carbocycles. The van der Waals surface area contributed by atoms with E-state index in [1.807, 2.05) is 43.3 Å². The first-order chi connectivity index (χ1) is 12.2. The largest absolute Gasteiger partial charge is 0.352 e. The van der Waals surface area contributed by atoms with Crippen LogP contribution in [0.5, 0.6) is 0 Å². The van der Waals surface area contributed by atoms with E-state index >= 15 is 0 Å². The average Bonchev–Trinajstić information content (AvgIpc) is 3.11. The lowest BCUT2D eigenvalue weighted by atomic mass is 10.0. The second-order valence-corrected chi connectivity index (χ2v) is 6.12. The van der Waals surface area contributed by atoms with Gasteiger partial charge in [-0.15, -0.1) is 10.2 Å². The second-order valence-electron chi connectivity index (χ2n) is 6.12. The van der Waals surface area contributed by atoms with Crippen LogP contribution in [0.15, 0.2) is 42.5 Å². The van der Waals surface area contributed by atoms with Crippen molar-refractivity contribution < 1.29 is 9.59 Å². The number of ketones is 1. The van der Waals surface area contributed by atoms with Gasteiger partial charge in [-0.25, -0.2) is 0 Å². The number of Topliss-reactive ketones (excluding diaryl/α,β-unsaturated/α-hetero) is 1. The van der Waals surface area contributed by atoms with E-state index in [9.17, 15) is 9.59 Å². The Morgan fingerprint density at radius 3 is 2.64 bits per heavy atom. The van der Waals surface area contributed by atoms with E-state index in [4.69, 9.17) is 0 Å². The summed E-state index contributed by atoms with van der Waals surface area (Å²) in [5.41, 5.74) is 1.05. The van der Waals surface area contributed by atoms with Gasteiger partial charge in [0.1, 0.15) is 0 Å². The summed E-state index contributed by atoms with van der Waals surface area (Å²) in [4.78, 5) is 26.4. The van der Waals surface area contributed by atoms with E-state index in [0.717, 1.165) is 30.8 Å². The molecule has 0 spiro atoms. The summed E-state index contributed by atoms with van der Waals surface area (Å²) in [6.45, 7) is 3.26. The van der Waals surface area contributed by atoms with Gasteiger partial charge in [0.25, 0.3) is 5.91 Å². The molecule has 2 heterocycles. The normalized spacial score (nSPS) is 16.7. The molecule has 6 heteroatoms. The lowest BCUT2D eigenvalue weighted by molar-refractivity contribution is 0.0948. The summed E-state index contributed by atoms with van der Waals surface area (Å²) < 4.78 is 0. The maximum absolute atomic E-state index is 12.5. The maximum atomic E-state index is 12.5. The predicted octanol–water partition coefficient (Wildman–Crippen LogP) is 2.47. The molecular formula is C19H22N4O2. The zero-order valence-electron chi connectivity index (χ0n) is 14.3. The first-order valence-corrected chi connectivity index (χ1v) is 8.66. The summed E-state index contributed by atoms with van der Waals surface area (Å²) in [6.07, 6.45) is 2.44. The third-order valence-electron chi connectivity index (χ3n) is 4.41. The molecule has 2 aromatic rings. The highest BCUT2D eigenvalue weighted by atomic mass is 16.2. The van der Waals surface area contributed by atoms with Gasteiger partial charge in [0.15, 0.2) is 17.3 Å². The van der Waals surface area contributed by atoms with E-state index in [0.29, 0.717) is 18.7 Å². The van der Waals surface area contributed by atoms with Crippen molar-refractivity contribution in [2.24, 2.45) is 0 Å². The van der Waals surface area contributed by atoms with Crippen LogP contribution < -0.4 is 10.2 Å². The first-order valence-electron chi connectivity index (χ1n) is 8.66. The highest BCUT2D eigenvalue weighted by Crippen LogP contribution is 2.26. The molecular weight excluding hydrogens is 316 g/mol. The lowest BCUT2D eigenvalue weighted by Crippen LogP contribution is -2.32. The third-order valence-corrected chi connectivity index (χ3v) is 4.41. The summed E-state index contributed by atoms with van der Waals surface area (Å²) in [5, 5.41) is 10.9. The summed E-state index contributed by atoms with van der Waals surface area (Å²) in [6, 6.07) is 13.0. The molecule has 0 unspecified atom stereocenters. The number of benzene rings is 1. The minimum atomic E-state index is -0.223. The number of nitrogens with zero attached hydrogens (tertiary/aromatic N) is 3. The van der Waals surface area contributed by atoms with E-state index in [2.05, 4.69) is 20.4 Å². The smallest absolute Gasteiger partial charge is 0.271 e. The molecule has 1 N–H and O–H groups in total. The molecule has 0 radical (unpaired) electrons. The van der Waals surface area contributed by atoms with Crippen molar-refractivity contribution >= 4 is 17.5 Å². The maximum Gasteiger partial charge on any atom is 0.271 e. The summed E-state index contributed by atoms with van der Waals surface area (Å²) >= 11 is 0. The fourth-order valence-electron chi connectivity index (χ4n) is 3.16. The van der Waals surface area contributed by atoms with Gasteiger partial charge in [0.2, 0.25) is 0 Å². The average molecular weight is 338 g/mol. The quantitative estimate of drug-likeness (QED) is 0.819. The Hall–Kier alpha value is -2.76. The number of carbonyl (C=O) groups excluding carboxylic acids is 2. The SMILES string of the molecule is CCNC(=O)c1ccc(N2CCC[C@H]2CC(=O)c2ccccc2)nn1.